The van der Waals surface area contributed by atoms with Crippen molar-refractivity contribution >= 4 is 29.2 Å². The molecule has 0 saturated carbocycles. The van der Waals surface area contributed by atoms with Gasteiger partial charge in [-0.25, -0.2) is 4.79 Å². The first-order chi connectivity index (χ1) is 15.3. The van der Waals surface area contributed by atoms with E-state index in [-0.39, 0.29) is 10.6 Å². The van der Waals surface area contributed by atoms with Gasteiger partial charge < -0.3 is 24.8 Å². The predicted octanol–water partition coefficient (Wildman–Crippen LogP) is 4.00. The van der Waals surface area contributed by atoms with Crippen LogP contribution in [0.2, 0.25) is 10.0 Å². The second-order valence-corrected chi connectivity index (χ2v) is 8.23. The summed E-state index contributed by atoms with van der Waals surface area (Å²) in [5, 5.41) is 30.6. The number of aliphatic hydroxyl groups excluding tert-OH is 3. The van der Waals surface area contributed by atoms with Crippen LogP contribution in [0.25, 0.3) is 11.1 Å². The van der Waals surface area contributed by atoms with Gasteiger partial charge in [0.1, 0.15) is 18.3 Å². The molecule has 0 spiro atoms. The van der Waals surface area contributed by atoms with Crippen molar-refractivity contribution in [2.75, 3.05) is 0 Å². The molecule has 0 amide bonds. The zero-order valence-electron chi connectivity index (χ0n) is 16.6. The fraction of sp³-hybridized carbons (Fsp3) is 0.208. The van der Waals surface area contributed by atoms with Crippen molar-refractivity contribution in [3.8, 4) is 11.1 Å². The number of aliphatic hydroxyl groups is 3. The molecule has 1 heterocycles. The van der Waals surface area contributed by atoms with Crippen LogP contribution in [0.4, 0.5) is 0 Å². The number of carbonyl (C=O) groups is 1. The van der Waals surface area contributed by atoms with Crippen LogP contribution in [0, 0.1) is 0 Å². The molecule has 1 fully saturated rings. The van der Waals surface area contributed by atoms with E-state index in [2.05, 4.69) is 0 Å². The molecule has 32 heavy (non-hydrogen) atoms. The highest BCUT2D eigenvalue weighted by Crippen LogP contribution is 2.36. The lowest BCUT2D eigenvalue weighted by atomic mass is 9.99. The molecular weight excluding hydrogens is 455 g/mol. The second-order valence-electron chi connectivity index (χ2n) is 7.42. The SMILES string of the molecule is O=C(OC(c1ccc(Cl)c(Cl)c1)[C@H]1OC(O)[C@H](O)[C@@H]1O)c1ccc(-c2ccccc2)cc1. The average molecular weight is 475 g/mol. The largest absolute Gasteiger partial charge is 0.451 e. The number of ether oxygens (including phenoxy) is 2. The lowest BCUT2D eigenvalue weighted by Gasteiger charge is -2.26. The summed E-state index contributed by atoms with van der Waals surface area (Å²) >= 11 is 12.1. The quantitative estimate of drug-likeness (QED) is 0.483. The first-order valence-corrected chi connectivity index (χ1v) is 10.6. The Bertz CT molecular complexity index is 1090. The summed E-state index contributed by atoms with van der Waals surface area (Å²) in [6, 6.07) is 21.1. The normalized spacial score (nSPS) is 23.7. The van der Waals surface area contributed by atoms with Gasteiger partial charge in [0.2, 0.25) is 0 Å². The van der Waals surface area contributed by atoms with Crippen molar-refractivity contribution in [1.82, 2.24) is 0 Å². The molecule has 6 nitrogen and oxygen atoms in total. The van der Waals surface area contributed by atoms with Gasteiger partial charge >= 0.3 is 5.97 Å². The van der Waals surface area contributed by atoms with Crippen LogP contribution in [0.15, 0.2) is 72.8 Å². The highest BCUT2D eigenvalue weighted by atomic mass is 35.5. The third-order valence-corrected chi connectivity index (χ3v) is 6.05. The molecule has 0 aromatic heterocycles. The minimum Gasteiger partial charge on any atom is -0.451 e. The average Bonchev–Trinajstić information content (AvgIpc) is 3.07. The molecular formula is C24H20Cl2O6. The van der Waals surface area contributed by atoms with Gasteiger partial charge in [-0.2, -0.15) is 0 Å². The maximum absolute atomic E-state index is 12.9. The highest BCUT2D eigenvalue weighted by molar-refractivity contribution is 6.42. The zero-order chi connectivity index (χ0) is 22.8. The van der Waals surface area contributed by atoms with Gasteiger partial charge in [-0.05, 0) is 41.0 Å². The molecule has 1 aliphatic heterocycles. The molecule has 1 aliphatic rings. The van der Waals surface area contributed by atoms with Gasteiger partial charge in [-0.1, -0.05) is 71.7 Å². The summed E-state index contributed by atoms with van der Waals surface area (Å²) in [6.45, 7) is 0. The van der Waals surface area contributed by atoms with Gasteiger partial charge in [0.25, 0.3) is 0 Å². The Morgan fingerprint density at radius 2 is 1.50 bits per heavy atom. The zero-order valence-corrected chi connectivity index (χ0v) is 18.1. The van der Waals surface area contributed by atoms with Gasteiger partial charge in [0, 0.05) is 0 Å². The highest BCUT2D eigenvalue weighted by Gasteiger charge is 2.47. The van der Waals surface area contributed by atoms with Crippen LogP contribution in [0.1, 0.15) is 22.0 Å². The number of rotatable bonds is 5. The first-order valence-electron chi connectivity index (χ1n) is 9.86. The number of carbonyl (C=O) groups excluding carboxylic acids is 1. The predicted molar refractivity (Wildman–Crippen MR) is 119 cm³/mol. The van der Waals surface area contributed by atoms with Crippen LogP contribution < -0.4 is 0 Å². The van der Waals surface area contributed by atoms with Crippen LogP contribution in [0.3, 0.4) is 0 Å². The summed E-state index contributed by atoms with van der Waals surface area (Å²) in [6.07, 6.45) is -7.03. The van der Waals surface area contributed by atoms with Gasteiger partial charge in [-0.15, -0.1) is 0 Å². The molecule has 166 valence electrons. The fourth-order valence-electron chi connectivity index (χ4n) is 3.56. The Morgan fingerprint density at radius 3 is 2.09 bits per heavy atom. The van der Waals surface area contributed by atoms with E-state index < -0.39 is 36.7 Å². The molecule has 4 rings (SSSR count). The third-order valence-electron chi connectivity index (χ3n) is 5.31. The monoisotopic (exact) mass is 474 g/mol. The number of hydrogen-bond donors (Lipinski definition) is 3. The molecule has 0 radical (unpaired) electrons. The molecule has 0 bridgehead atoms. The van der Waals surface area contributed by atoms with Crippen molar-refractivity contribution in [1.29, 1.82) is 0 Å². The van der Waals surface area contributed by atoms with Crippen molar-refractivity contribution < 1.29 is 29.6 Å². The van der Waals surface area contributed by atoms with Crippen molar-refractivity contribution in [2.24, 2.45) is 0 Å². The van der Waals surface area contributed by atoms with E-state index in [0.717, 1.165) is 11.1 Å². The first kappa shape index (κ1) is 22.7. The molecule has 2 unspecified atom stereocenters. The van der Waals surface area contributed by atoms with E-state index in [4.69, 9.17) is 32.7 Å². The van der Waals surface area contributed by atoms with E-state index in [9.17, 15) is 20.1 Å². The maximum Gasteiger partial charge on any atom is 0.338 e. The van der Waals surface area contributed by atoms with Crippen molar-refractivity contribution in [3.05, 3.63) is 94.0 Å². The van der Waals surface area contributed by atoms with E-state index in [1.54, 1.807) is 30.3 Å². The summed E-state index contributed by atoms with van der Waals surface area (Å²) in [7, 11) is 0. The Morgan fingerprint density at radius 1 is 0.844 bits per heavy atom. The lowest BCUT2D eigenvalue weighted by Crippen LogP contribution is -2.36. The Kier molecular flexibility index (Phi) is 6.81. The van der Waals surface area contributed by atoms with Crippen LogP contribution in [0.5, 0.6) is 0 Å². The Balaban J connectivity index is 1.60. The van der Waals surface area contributed by atoms with Crippen LogP contribution in [-0.4, -0.2) is 45.9 Å². The Hall–Kier alpha value is -2.45. The van der Waals surface area contributed by atoms with Gasteiger partial charge in [-0.3, -0.25) is 0 Å². The number of esters is 1. The van der Waals surface area contributed by atoms with E-state index >= 15 is 0 Å². The number of benzene rings is 3. The molecule has 8 heteroatoms. The molecule has 1 saturated heterocycles. The van der Waals surface area contributed by atoms with Crippen molar-refractivity contribution in [2.45, 2.75) is 30.7 Å². The van der Waals surface area contributed by atoms with Gasteiger partial charge in [0.05, 0.1) is 15.6 Å². The van der Waals surface area contributed by atoms with Crippen molar-refractivity contribution in [3.63, 3.8) is 0 Å². The second kappa shape index (κ2) is 9.58. The van der Waals surface area contributed by atoms with E-state index in [1.165, 1.54) is 12.1 Å². The molecule has 0 aliphatic carbocycles. The van der Waals surface area contributed by atoms with Gasteiger partial charge in [0.15, 0.2) is 12.4 Å². The number of hydrogen-bond acceptors (Lipinski definition) is 6. The van der Waals surface area contributed by atoms with E-state index in [1.807, 2.05) is 30.3 Å². The third kappa shape index (κ3) is 4.66. The lowest BCUT2D eigenvalue weighted by molar-refractivity contribution is -0.148. The minimum absolute atomic E-state index is 0.214. The van der Waals surface area contributed by atoms with E-state index in [0.29, 0.717) is 10.6 Å². The summed E-state index contributed by atoms with van der Waals surface area (Å²) in [5.74, 6) is -0.674. The van der Waals surface area contributed by atoms with Crippen LogP contribution in [-0.2, 0) is 9.47 Å². The summed E-state index contributed by atoms with van der Waals surface area (Å²) in [5.41, 5.74) is 2.61. The molecule has 5 atom stereocenters. The molecule has 3 aromatic rings. The van der Waals surface area contributed by atoms with Crippen LogP contribution >= 0.6 is 23.2 Å². The summed E-state index contributed by atoms with van der Waals surface area (Å²) in [4.78, 5) is 12.9. The topological polar surface area (TPSA) is 96.2 Å². The summed E-state index contributed by atoms with van der Waals surface area (Å²) < 4.78 is 11.0. The number of halogens is 2. The minimum atomic E-state index is -1.62. The standard InChI is InChI=1S/C24H20Cl2O6/c25-17-11-10-16(12-18(17)26)21(22-19(27)20(28)24(30)32-22)31-23(29)15-8-6-14(7-9-15)13-4-2-1-3-5-13/h1-12,19-22,24,27-28,30H/t19-,20+,21?,22-,24?/m0/s1. The maximum atomic E-state index is 12.9. The Labute approximate surface area is 194 Å². The fourth-order valence-corrected chi connectivity index (χ4v) is 3.87. The smallest absolute Gasteiger partial charge is 0.338 e. The molecule has 3 aromatic carbocycles. The molecule has 3 N–H and O–H groups in total.